The van der Waals surface area contributed by atoms with Crippen LogP contribution in [0.3, 0.4) is 0 Å². The lowest BCUT2D eigenvalue weighted by Crippen LogP contribution is -2.29. The van der Waals surface area contributed by atoms with Crippen LogP contribution in [0.1, 0.15) is 49.4 Å². The lowest BCUT2D eigenvalue weighted by molar-refractivity contribution is -0.132. The minimum atomic E-state index is -0.953. The van der Waals surface area contributed by atoms with Crippen LogP contribution in [0.2, 0.25) is 0 Å². The number of carbonyl (C=O) groups is 2. The first kappa shape index (κ1) is 28.2. The molecule has 1 fully saturated rings. The van der Waals surface area contributed by atoms with Gasteiger partial charge in [0, 0.05) is 5.56 Å². The van der Waals surface area contributed by atoms with Crippen LogP contribution in [0.4, 0.5) is 5.13 Å². The molecule has 5 rings (SSSR count). The van der Waals surface area contributed by atoms with Crippen LogP contribution >= 0.6 is 11.3 Å². The number of methoxy groups -OCH3 is 1. The molecule has 2 heterocycles. The number of fused-ring (bicyclic) bond motifs is 1. The Kier molecular flexibility index (Phi) is 8.26. The van der Waals surface area contributed by atoms with E-state index in [-0.39, 0.29) is 11.3 Å². The fourth-order valence-electron chi connectivity index (χ4n) is 4.82. The van der Waals surface area contributed by atoms with Crippen molar-refractivity contribution in [2.75, 3.05) is 25.2 Å². The van der Waals surface area contributed by atoms with Gasteiger partial charge >= 0.3 is 5.91 Å². The summed E-state index contributed by atoms with van der Waals surface area (Å²) in [6.45, 7) is 6.91. The van der Waals surface area contributed by atoms with Crippen LogP contribution in [0.15, 0.2) is 66.2 Å². The van der Waals surface area contributed by atoms with Crippen LogP contribution in [0.25, 0.3) is 16.0 Å². The molecule has 0 saturated carbocycles. The van der Waals surface area contributed by atoms with E-state index in [0.717, 1.165) is 28.6 Å². The summed E-state index contributed by atoms with van der Waals surface area (Å²) >= 11 is 1.32. The van der Waals surface area contributed by atoms with Gasteiger partial charge in [0.2, 0.25) is 0 Å². The highest BCUT2D eigenvalue weighted by molar-refractivity contribution is 7.22. The zero-order valence-corrected chi connectivity index (χ0v) is 24.3. The van der Waals surface area contributed by atoms with Crippen molar-refractivity contribution in [3.63, 3.8) is 0 Å². The molecule has 1 unspecified atom stereocenters. The molecule has 3 aromatic carbocycles. The highest BCUT2D eigenvalue weighted by Crippen LogP contribution is 2.46. The second-order valence-electron chi connectivity index (χ2n) is 9.71. The molecule has 0 aliphatic carbocycles. The van der Waals surface area contributed by atoms with Crippen molar-refractivity contribution in [1.29, 1.82) is 0 Å². The predicted molar refractivity (Wildman–Crippen MR) is 160 cm³/mol. The first-order valence-corrected chi connectivity index (χ1v) is 14.4. The standard InChI is InChI=1S/C32H32N2O6S/c1-5-7-15-40-24-14-12-20(18-25(24)38-4)28-27(29(35)21-9-8-10-22(17-21)39-6-2)30(36)31(37)34(28)32-33-23-13-11-19(3)16-26(23)41-32/h8-14,16-18,28,35H,5-7,15H2,1-4H3. The van der Waals surface area contributed by atoms with E-state index in [9.17, 15) is 14.7 Å². The van der Waals surface area contributed by atoms with Gasteiger partial charge in [0.25, 0.3) is 5.78 Å². The number of amides is 1. The maximum absolute atomic E-state index is 13.7. The number of rotatable bonds is 10. The molecule has 1 N–H and O–H groups in total. The Bertz CT molecular complexity index is 1640. The third-order valence-corrected chi connectivity index (χ3v) is 7.88. The number of Topliss-reactive ketones (excluding diaryl/α,β-unsaturated/α-hetero) is 1. The van der Waals surface area contributed by atoms with Crippen LogP contribution in [0, 0.1) is 6.92 Å². The summed E-state index contributed by atoms with van der Waals surface area (Å²) < 4.78 is 18.0. The number of ether oxygens (including phenoxy) is 3. The first-order valence-electron chi connectivity index (χ1n) is 13.6. The number of aliphatic hydroxyl groups excluding tert-OH is 1. The number of ketones is 1. The Labute approximate surface area is 242 Å². The van der Waals surface area contributed by atoms with E-state index in [1.807, 2.05) is 32.0 Å². The van der Waals surface area contributed by atoms with Crippen LogP contribution < -0.4 is 19.1 Å². The Balaban J connectivity index is 1.68. The molecule has 1 aliphatic rings. The van der Waals surface area contributed by atoms with Gasteiger partial charge < -0.3 is 19.3 Å². The zero-order chi connectivity index (χ0) is 29.1. The molecule has 0 bridgehead atoms. The van der Waals surface area contributed by atoms with Crippen molar-refractivity contribution in [3.8, 4) is 17.2 Å². The number of aryl methyl sites for hydroxylation is 1. The van der Waals surface area contributed by atoms with Gasteiger partial charge in [0.1, 0.15) is 11.5 Å². The maximum Gasteiger partial charge on any atom is 0.301 e. The average molecular weight is 573 g/mol. The van der Waals surface area contributed by atoms with Crippen LogP contribution in [0.5, 0.6) is 17.2 Å². The van der Waals surface area contributed by atoms with Crippen LogP contribution in [-0.2, 0) is 9.59 Å². The van der Waals surface area contributed by atoms with Crippen molar-refractivity contribution >= 4 is 44.1 Å². The Hall–Kier alpha value is -4.37. The number of hydrogen-bond donors (Lipinski definition) is 1. The number of hydrogen-bond acceptors (Lipinski definition) is 8. The number of anilines is 1. The zero-order valence-electron chi connectivity index (χ0n) is 23.5. The van der Waals surface area contributed by atoms with E-state index in [2.05, 4.69) is 6.92 Å². The molecular weight excluding hydrogens is 540 g/mol. The molecule has 0 spiro atoms. The fourth-order valence-corrected chi connectivity index (χ4v) is 5.91. The van der Waals surface area contributed by atoms with Gasteiger partial charge in [-0.3, -0.25) is 14.5 Å². The number of nitrogens with zero attached hydrogens (tertiary/aromatic N) is 2. The van der Waals surface area contributed by atoms with Gasteiger partial charge in [-0.25, -0.2) is 4.98 Å². The van der Waals surface area contributed by atoms with E-state index in [4.69, 9.17) is 19.2 Å². The molecule has 4 aromatic rings. The van der Waals surface area contributed by atoms with E-state index < -0.39 is 17.7 Å². The highest BCUT2D eigenvalue weighted by Gasteiger charge is 2.48. The normalized spacial score (nSPS) is 16.4. The SMILES string of the molecule is CCCCOc1ccc(C2C(=C(O)c3cccc(OCC)c3)C(=O)C(=O)N2c2nc3ccc(C)cc3s2)cc1OC. The second kappa shape index (κ2) is 12.0. The van der Waals surface area contributed by atoms with Gasteiger partial charge in [-0.15, -0.1) is 0 Å². The van der Waals surface area contributed by atoms with E-state index in [1.54, 1.807) is 42.5 Å². The third-order valence-electron chi connectivity index (χ3n) is 6.86. The van der Waals surface area contributed by atoms with Gasteiger partial charge in [0.15, 0.2) is 16.6 Å². The summed E-state index contributed by atoms with van der Waals surface area (Å²) in [5.41, 5.74) is 2.68. The van der Waals surface area contributed by atoms with Crippen molar-refractivity contribution in [3.05, 3.63) is 82.9 Å². The highest BCUT2D eigenvalue weighted by atomic mass is 32.1. The van der Waals surface area contributed by atoms with Crippen molar-refractivity contribution in [2.45, 2.75) is 39.7 Å². The molecule has 9 heteroatoms. The number of benzene rings is 3. The van der Waals surface area contributed by atoms with Gasteiger partial charge in [-0.05, 0) is 67.8 Å². The molecule has 1 amide bonds. The number of aromatic nitrogens is 1. The molecule has 212 valence electrons. The Morgan fingerprint density at radius 2 is 1.85 bits per heavy atom. The quantitative estimate of drug-likeness (QED) is 0.0964. The lowest BCUT2D eigenvalue weighted by Gasteiger charge is -2.24. The van der Waals surface area contributed by atoms with Gasteiger partial charge in [0.05, 0.1) is 42.2 Å². The number of carbonyl (C=O) groups excluding carboxylic acids is 2. The van der Waals surface area contributed by atoms with Crippen molar-refractivity contribution in [1.82, 2.24) is 4.98 Å². The lowest BCUT2D eigenvalue weighted by atomic mass is 9.95. The topological polar surface area (TPSA) is 98.2 Å². The van der Waals surface area contributed by atoms with Crippen molar-refractivity contribution < 1.29 is 28.9 Å². The van der Waals surface area contributed by atoms with Gasteiger partial charge in [-0.2, -0.15) is 0 Å². The number of thiazole rings is 1. The van der Waals surface area contributed by atoms with Crippen LogP contribution in [-0.4, -0.2) is 42.1 Å². The Morgan fingerprint density at radius 1 is 1.02 bits per heavy atom. The third kappa shape index (κ3) is 5.50. The second-order valence-corrected chi connectivity index (χ2v) is 10.7. The molecule has 0 radical (unpaired) electrons. The smallest absolute Gasteiger partial charge is 0.301 e. The van der Waals surface area contributed by atoms with Gasteiger partial charge in [-0.1, -0.05) is 48.9 Å². The predicted octanol–water partition coefficient (Wildman–Crippen LogP) is 6.82. The largest absolute Gasteiger partial charge is 0.507 e. The molecular formula is C32H32N2O6S. The molecule has 1 aliphatic heterocycles. The summed E-state index contributed by atoms with van der Waals surface area (Å²) in [5.74, 6) is -0.303. The number of unbranched alkanes of at least 4 members (excludes halogenated alkanes) is 1. The maximum atomic E-state index is 13.7. The summed E-state index contributed by atoms with van der Waals surface area (Å²) in [6.07, 6.45) is 1.88. The fraction of sp³-hybridized carbons (Fsp3) is 0.281. The molecule has 1 aromatic heterocycles. The summed E-state index contributed by atoms with van der Waals surface area (Å²) in [7, 11) is 1.54. The minimum Gasteiger partial charge on any atom is -0.507 e. The molecule has 1 saturated heterocycles. The number of aliphatic hydroxyl groups is 1. The first-order chi connectivity index (χ1) is 19.9. The molecule has 41 heavy (non-hydrogen) atoms. The van der Waals surface area contributed by atoms with Crippen molar-refractivity contribution in [2.24, 2.45) is 0 Å². The summed E-state index contributed by atoms with van der Waals surface area (Å²) in [6, 6.07) is 17.0. The molecule has 1 atom stereocenters. The van der Waals surface area contributed by atoms with E-state index in [1.165, 1.54) is 23.3 Å². The van der Waals surface area contributed by atoms with E-state index >= 15 is 0 Å². The summed E-state index contributed by atoms with van der Waals surface area (Å²) in [5, 5.41) is 11.9. The minimum absolute atomic E-state index is 0.0409. The molecule has 8 nitrogen and oxygen atoms in total. The Morgan fingerprint density at radius 3 is 2.61 bits per heavy atom. The monoisotopic (exact) mass is 572 g/mol. The van der Waals surface area contributed by atoms with E-state index in [0.29, 0.717) is 46.7 Å². The summed E-state index contributed by atoms with van der Waals surface area (Å²) in [4.78, 5) is 33.4. The average Bonchev–Trinajstić information content (AvgIpc) is 3.50.